The van der Waals surface area contributed by atoms with Crippen molar-refractivity contribution in [2.75, 3.05) is 11.9 Å². The first-order chi connectivity index (χ1) is 7.08. The Labute approximate surface area is 87.7 Å². The molecule has 0 aliphatic carbocycles. The lowest BCUT2D eigenvalue weighted by Crippen LogP contribution is -2.34. The number of aryl methyl sites for hydroxylation is 1. The molecule has 2 N–H and O–H groups in total. The van der Waals surface area contributed by atoms with E-state index in [1.807, 2.05) is 6.92 Å². The number of amides is 1. The molecule has 0 bridgehead atoms. The summed E-state index contributed by atoms with van der Waals surface area (Å²) in [5, 5.41) is 5.94. The van der Waals surface area contributed by atoms with Crippen LogP contribution in [-0.2, 0) is 0 Å². The van der Waals surface area contributed by atoms with Crippen LogP contribution in [0.3, 0.4) is 0 Å². The number of hydrogen-bond acceptors (Lipinski definition) is 2. The number of benzene rings is 1. The number of carbonyl (C=O) groups excluding carboxylic acids is 1. The van der Waals surface area contributed by atoms with Crippen molar-refractivity contribution in [1.82, 2.24) is 5.32 Å². The Hall–Kier alpha value is -1.58. The van der Waals surface area contributed by atoms with E-state index in [1.54, 1.807) is 6.92 Å². The van der Waals surface area contributed by atoms with Gasteiger partial charge < -0.3 is 10.6 Å². The van der Waals surface area contributed by atoms with E-state index in [2.05, 4.69) is 10.6 Å². The molecule has 1 heterocycles. The van der Waals surface area contributed by atoms with Crippen molar-refractivity contribution in [2.24, 2.45) is 0 Å². The lowest BCUT2D eigenvalue weighted by Gasteiger charge is -2.10. The van der Waals surface area contributed by atoms with Crippen LogP contribution in [0.25, 0.3) is 0 Å². The second kappa shape index (κ2) is 3.53. The van der Waals surface area contributed by atoms with Crippen LogP contribution in [-0.4, -0.2) is 18.5 Å². The predicted molar refractivity (Wildman–Crippen MR) is 56.6 cm³/mol. The number of carbonyl (C=O) groups is 1. The largest absolute Gasteiger partial charge is 0.382 e. The third-order valence-electron chi connectivity index (χ3n) is 2.51. The van der Waals surface area contributed by atoms with Gasteiger partial charge in [-0.1, -0.05) is 0 Å². The van der Waals surface area contributed by atoms with Crippen LogP contribution in [0.5, 0.6) is 0 Å². The SMILES string of the molecule is Cc1cc(F)cc2c1NCC(C)NC2=O. The van der Waals surface area contributed by atoms with E-state index in [1.165, 1.54) is 12.1 Å². The molecule has 0 aromatic heterocycles. The molecule has 0 fully saturated rings. The molecule has 0 radical (unpaired) electrons. The van der Waals surface area contributed by atoms with Crippen molar-refractivity contribution >= 4 is 11.6 Å². The van der Waals surface area contributed by atoms with Gasteiger partial charge in [-0.15, -0.1) is 0 Å². The summed E-state index contributed by atoms with van der Waals surface area (Å²) in [6.07, 6.45) is 0. The number of nitrogens with one attached hydrogen (secondary N) is 2. The molecule has 1 unspecified atom stereocenters. The Bertz CT molecular complexity index is 417. The Morgan fingerprint density at radius 1 is 1.47 bits per heavy atom. The topological polar surface area (TPSA) is 41.1 Å². The second-order valence-corrected chi connectivity index (χ2v) is 3.90. The highest BCUT2D eigenvalue weighted by molar-refractivity contribution is 6.01. The number of rotatable bonds is 0. The van der Waals surface area contributed by atoms with E-state index in [0.29, 0.717) is 12.1 Å². The van der Waals surface area contributed by atoms with Crippen molar-refractivity contribution in [2.45, 2.75) is 19.9 Å². The Morgan fingerprint density at radius 2 is 2.20 bits per heavy atom. The standard InChI is InChI=1S/C11H13FN2O/c1-6-3-8(12)4-9-10(6)13-5-7(2)14-11(9)15/h3-4,7,13H,5H2,1-2H3,(H,14,15). The minimum absolute atomic E-state index is 0.0485. The fraction of sp³-hybridized carbons (Fsp3) is 0.364. The van der Waals surface area contributed by atoms with Crippen LogP contribution in [0.2, 0.25) is 0 Å². The van der Waals surface area contributed by atoms with Gasteiger partial charge in [0.2, 0.25) is 0 Å². The number of halogens is 1. The highest BCUT2D eigenvalue weighted by Crippen LogP contribution is 2.24. The highest BCUT2D eigenvalue weighted by Gasteiger charge is 2.20. The zero-order valence-electron chi connectivity index (χ0n) is 8.73. The summed E-state index contributed by atoms with van der Waals surface area (Å²) in [7, 11) is 0. The smallest absolute Gasteiger partial charge is 0.253 e. The molecule has 1 amide bonds. The van der Waals surface area contributed by atoms with E-state index >= 15 is 0 Å². The molecule has 2 rings (SSSR count). The molecule has 0 spiro atoms. The summed E-state index contributed by atoms with van der Waals surface area (Å²) in [6.45, 7) is 4.35. The van der Waals surface area contributed by atoms with Crippen molar-refractivity contribution in [3.63, 3.8) is 0 Å². The quantitative estimate of drug-likeness (QED) is 0.681. The van der Waals surface area contributed by atoms with E-state index in [9.17, 15) is 9.18 Å². The number of fused-ring (bicyclic) bond motifs is 1. The van der Waals surface area contributed by atoms with Crippen LogP contribution in [0, 0.1) is 12.7 Å². The minimum Gasteiger partial charge on any atom is -0.382 e. The highest BCUT2D eigenvalue weighted by atomic mass is 19.1. The van der Waals surface area contributed by atoms with Crippen molar-refractivity contribution < 1.29 is 9.18 Å². The lowest BCUT2D eigenvalue weighted by molar-refractivity contribution is 0.0945. The molecule has 0 saturated heterocycles. The molecule has 1 aliphatic heterocycles. The zero-order valence-corrected chi connectivity index (χ0v) is 8.73. The van der Waals surface area contributed by atoms with E-state index in [4.69, 9.17) is 0 Å². The lowest BCUT2D eigenvalue weighted by atomic mass is 10.1. The van der Waals surface area contributed by atoms with E-state index < -0.39 is 0 Å². The Kier molecular flexibility index (Phi) is 2.34. The normalized spacial score (nSPS) is 19.9. The third kappa shape index (κ3) is 1.79. The monoisotopic (exact) mass is 208 g/mol. The fourth-order valence-electron chi connectivity index (χ4n) is 1.76. The molecule has 1 atom stereocenters. The first kappa shape index (κ1) is 9.96. The molecule has 1 aromatic rings. The van der Waals surface area contributed by atoms with Crippen molar-refractivity contribution in [3.05, 3.63) is 29.1 Å². The molecule has 3 nitrogen and oxygen atoms in total. The van der Waals surface area contributed by atoms with Gasteiger partial charge >= 0.3 is 0 Å². The summed E-state index contributed by atoms with van der Waals surface area (Å²) >= 11 is 0. The van der Waals surface area contributed by atoms with E-state index in [0.717, 1.165) is 11.3 Å². The van der Waals surface area contributed by atoms with Gasteiger partial charge in [-0.05, 0) is 31.5 Å². The molecular weight excluding hydrogens is 195 g/mol. The van der Waals surface area contributed by atoms with Crippen molar-refractivity contribution in [3.8, 4) is 0 Å². The summed E-state index contributed by atoms with van der Waals surface area (Å²) in [4.78, 5) is 11.7. The molecule has 80 valence electrons. The van der Waals surface area contributed by atoms with Crippen LogP contribution in [0.15, 0.2) is 12.1 Å². The maximum Gasteiger partial charge on any atom is 0.253 e. The minimum atomic E-state index is -0.377. The van der Waals surface area contributed by atoms with Gasteiger partial charge in [-0.2, -0.15) is 0 Å². The first-order valence-corrected chi connectivity index (χ1v) is 4.93. The molecule has 15 heavy (non-hydrogen) atoms. The van der Waals surface area contributed by atoms with E-state index in [-0.39, 0.29) is 17.8 Å². The van der Waals surface area contributed by atoms with Gasteiger partial charge in [0.25, 0.3) is 5.91 Å². The number of hydrogen-bond donors (Lipinski definition) is 2. The van der Waals surface area contributed by atoms with Crippen LogP contribution < -0.4 is 10.6 Å². The van der Waals surface area contributed by atoms with Crippen LogP contribution in [0.1, 0.15) is 22.8 Å². The summed E-state index contributed by atoms with van der Waals surface area (Å²) < 4.78 is 13.2. The summed E-state index contributed by atoms with van der Waals surface area (Å²) in [5.74, 6) is -0.595. The van der Waals surface area contributed by atoms with Gasteiger partial charge in [0.1, 0.15) is 5.82 Å². The Balaban J connectivity index is 2.53. The van der Waals surface area contributed by atoms with Gasteiger partial charge in [0.05, 0.1) is 11.3 Å². The number of anilines is 1. The van der Waals surface area contributed by atoms with Gasteiger partial charge in [-0.25, -0.2) is 4.39 Å². The average Bonchev–Trinajstić information content (AvgIpc) is 2.27. The van der Waals surface area contributed by atoms with Crippen LogP contribution >= 0.6 is 0 Å². The predicted octanol–water partition coefficient (Wildman–Crippen LogP) is 1.68. The summed E-state index contributed by atoms with van der Waals surface area (Å²) in [5.41, 5.74) is 1.88. The first-order valence-electron chi connectivity index (χ1n) is 4.93. The maximum atomic E-state index is 13.2. The maximum absolute atomic E-state index is 13.2. The van der Waals surface area contributed by atoms with Gasteiger partial charge in [0.15, 0.2) is 0 Å². The Morgan fingerprint density at radius 3 is 2.93 bits per heavy atom. The second-order valence-electron chi connectivity index (χ2n) is 3.90. The van der Waals surface area contributed by atoms with Crippen molar-refractivity contribution in [1.29, 1.82) is 0 Å². The zero-order chi connectivity index (χ0) is 11.0. The third-order valence-corrected chi connectivity index (χ3v) is 2.51. The van der Waals surface area contributed by atoms with Gasteiger partial charge in [-0.3, -0.25) is 4.79 Å². The molecular formula is C11H13FN2O. The molecule has 1 aromatic carbocycles. The molecule has 1 aliphatic rings. The molecule has 4 heteroatoms. The van der Waals surface area contributed by atoms with Gasteiger partial charge in [0, 0.05) is 12.6 Å². The fourth-order valence-corrected chi connectivity index (χ4v) is 1.76. The summed E-state index contributed by atoms with van der Waals surface area (Å²) in [6, 6.07) is 2.74. The molecule has 0 saturated carbocycles. The van der Waals surface area contributed by atoms with Crippen LogP contribution in [0.4, 0.5) is 10.1 Å². The average molecular weight is 208 g/mol.